The van der Waals surface area contributed by atoms with E-state index in [0.29, 0.717) is 13.1 Å². The second kappa shape index (κ2) is 10.4. The van der Waals surface area contributed by atoms with Gasteiger partial charge in [0.25, 0.3) is 0 Å². The van der Waals surface area contributed by atoms with E-state index in [1.807, 2.05) is 69.3 Å². The van der Waals surface area contributed by atoms with Crippen LogP contribution in [0.2, 0.25) is 0 Å². The Morgan fingerprint density at radius 3 is 2.20 bits per heavy atom. The zero-order valence-corrected chi connectivity index (χ0v) is 18.1. The number of rotatable bonds is 7. The molecule has 0 spiro atoms. The van der Waals surface area contributed by atoms with Crippen molar-refractivity contribution >= 4 is 17.5 Å². The quantitative estimate of drug-likeness (QED) is 0.739. The van der Waals surface area contributed by atoms with E-state index in [1.165, 1.54) is 0 Å². The molecule has 2 aromatic carbocycles. The van der Waals surface area contributed by atoms with Gasteiger partial charge in [0.2, 0.25) is 11.8 Å². The predicted molar refractivity (Wildman–Crippen MR) is 120 cm³/mol. The Morgan fingerprint density at radius 1 is 0.933 bits per heavy atom. The topological polar surface area (TPSA) is 64.7 Å². The highest BCUT2D eigenvalue weighted by molar-refractivity contribution is 5.95. The third-order valence-electron chi connectivity index (χ3n) is 5.76. The summed E-state index contributed by atoms with van der Waals surface area (Å²) in [6.45, 7) is 10.0. The van der Waals surface area contributed by atoms with Crippen LogP contribution in [0.3, 0.4) is 0 Å². The number of carbonyl (C=O) groups excluding carboxylic acids is 2. The normalized spacial score (nSPS) is 16.1. The van der Waals surface area contributed by atoms with Crippen molar-refractivity contribution in [2.24, 2.45) is 0 Å². The van der Waals surface area contributed by atoms with Gasteiger partial charge >= 0.3 is 0 Å². The number of hydrogen-bond acceptors (Lipinski definition) is 4. The fourth-order valence-electron chi connectivity index (χ4n) is 3.77. The second-order valence-electron chi connectivity index (χ2n) is 8.01. The van der Waals surface area contributed by atoms with E-state index in [-0.39, 0.29) is 17.9 Å². The monoisotopic (exact) mass is 408 g/mol. The van der Waals surface area contributed by atoms with Gasteiger partial charge in [0.15, 0.2) is 0 Å². The van der Waals surface area contributed by atoms with E-state index in [0.717, 1.165) is 48.6 Å². The average molecular weight is 409 g/mol. The van der Waals surface area contributed by atoms with Gasteiger partial charge in [-0.05, 0) is 37.5 Å². The highest BCUT2D eigenvalue weighted by Gasteiger charge is 2.26. The molecule has 0 radical (unpaired) electrons. The van der Waals surface area contributed by atoms with Crippen LogP contribution in [0, 0.1) is 13.8 Å². The lowest BCUT2D eigenvalue weighted by molar-refractivity contribution is -0.124. The van der Waals surface area contributed by atoms with Crippen molar-refractivity contribution in [2.75, 3.05) is 38.0 Å². The van der Waals surface area contributed by atoms with E-state index in [4.69, 9.17) is 0 Å². The summed E-state index contributed by atoms with van der Waals surface area (Å²) in [5.41, 5.74) is 4.14. The lowest BCUT2D eigenvalue weighted by Gasteiger charge is -2.37. The summed E-state index contributed by atoms with van der Waals surface area (Å²) in [4.78, 5) is 29.3. The molecule has 1 unspecified atom stereocenters. The van der Waals surface area contributed by atoms with Crippen LogP contribution in [-0.2, 0) is 16.1 Å². The molecule has 30 heavy (non-hydrogen) atoms. The SMILES string of the molecule is Cc1cccc(C)c1NC(=O)C(C)N1CCN(CC(=O)NCc2ccccc2)CC1. The molecule has 2 aromatic rings. The van der Waals surface area contributed by atoms with Gasteiger partial charge in [-0.1, -0.05) is 48.5 Å². The van der Waals surface area contributed by atoms with E-state index < -0.39 is 0 Å². The molecule has 1 atom stereocenters. The molecule has 6 heteroatoms. The lowest BCUT2D eigenvalue weighted by Crippen LogP contribution is -2.54. The number of piperazine rings is 1. The molecular formula is C24H32N4O2. The minimum absolute atomic E-state index is 0.0152. The molecule has 3 rings (SSSR count). The number of carbonyl (C=O) groups is 2. The minimum Gasteiger partial charge on any atom is -0.351 e. The Morgan fingerprint density at radius 2 is 1.57 bits per heavy atom. The number of para-hydroxylation sites is 1. The molecule has 2 N–H and O–H groups in total. The van der Waals surface area contributed by atoms with Crippen LogP contribution < -0.4 is 10.6 Å². The Bertz CT molecular complexity index is 841. The molecule has 1 aliphatic heterocycles. The minimum atomic E-state index is -0.210. The van der Waals surface area contributed by atoms with Crippen molar-refractivity contribution in [1.82, 2.24) is 15.1 Å². The Balaban J connectivity index is 1.43. The van der Waals surface area contributed by atoms with Gasteiger partial charge in [0.05, 0.1) is 12.6 Å². The van der Waals surface area contributed by atoms with E-state index in [1.54, 1.807) is 0 Å². The van der Waals surface area contributed by atoms with E-state index >= 15 is 0 Å². The highest BCUT2D eigenvalue weighted by Crippen LogP contribution is 2.20. The first-order valence-electron chi connectivity index (χ1n) is 10.6. The van der Waals surface area contributed by atoms with Gasteiger partial charge in [-0.25, -0.2) is 0 Å². The van der Waals surface area contributed by atoms with E-state index in [9.17, 15) is 9.59 Å². The highest BCUT2D eigenvalue weighted by atomic mass is 16.2. The number of aryl methyl sites for hydroxylation is 2. The molecule has 6 nitrogen and oxygen atoms in total. The maximum absolute atomic E-state index is 12.8. The van der Waals surface area contributed by atoms with Crippen molar-refractivity contribution in [3.8, 4) is 0 Å². The first-order valence-corrected chi connectivity index (χ1v) is 10.6. The van der Waals surface area contributed by atoms with Gasteiger partial charge < -0.3 is 10.6 Å². The summed E-state index contributed by atoms with van der Waals surface area (Å²) >= 11 is 0. The zero-order chi connectivity index (χ0) is 21.5. The molecule has 1 heterocycles. The summed E-state index contributed by atoms with van der Waals surface area (Å²) in [5.74, 6) is 0.0505. The smallest absolute Gasteiger partial charge is 0.241 e. The fraction of sp³-hybridized carbons (Fsp3) is 0.417. The lowest BCUT2D eigenvalue weighted by atomic mass is 10.1. The molecule has 0 aromatic heterocycles. The van der Waals surface area contributed by atoms with Gasteiger partial charge in [-0.2, -0.15) is 0 Å². The summed E-state index contributed by atoms with van der Waals surface area (Å²) in [6.07, 6.45) is 0. The summed E-state index contributed by atoms with van der Waals surface area (Å²) in [6, 6.07) is 15.7. The number of anilines is 1. The van der Waals surface area contributed by atoms with Gasteiger partial charge in [-0.3, -0.25) is 19.4 Å². The molecule has 0 bridgehead atoms. The van der Waals surface area contributed by atoms with Crippen LogP contribution in [0.4, 0.5) is 5.69 Å². The molecule has 0 saturated carbocycles. The summed E-state index contributed by atoms with van der Waals surface area (Å²) in [5, 5.41) is 6.07. The molecule has 1 aliphatic rings. The van der Waals surface area contributed by atoms with Crippen LogP contribution >= 0.6 is 0 Å². The van der Waals surface area contributed by atoms with Crippen LogP contribution in [-0.4, -0.2) is 60.4 Å². The third kappa shape index (κ3) is 5.90. The molecule has 2 amide bonds. The van der Waals surface area contributed by atoms with Gasteiger partial charge in [0.1, 0.15) is 0 Å². The largest absolute Gasteiger partial charge is 0.351 e. The fourth-order valence-corrected chi connectivity index (χ4v) is 3.77. The van der Waals surface area contributed by atoms with Crippen molar-refractivity contribution in [3.05, 3.63) is 65.2 Å². The molecular weight excluding hydrogens is 376 g/mol. The zero-order valence-electron chi connectivity index (χ0n) is 18.1. The molecule has 1 fully saturated rings. The second-order valence-corrected chi connectivity index (χ2v) is 8.01. The maximum Gasteiger partial charge on any atom is 0.241 e. The van der Waals surface area contributed by atoms with Gasteiger partial charge in [0, 0.05) is 38.4 Å². The van der Waals surface area contributed by atoms with Crippen molar-refractivity contribution in [2.45, 2.75) is 33.4 Å². The Hall–Kier alpha value is -2.70. The van der Waals surface area contributed by atoms with Crippen LogP contribution in [0.15, 0.2) is 48.5 Å². The maximum atomic E-state index is 12.8. The molecule has 1 saturated heterocycles. The van der Waals surface area contributed by atoms with Crippen LogP contribution in [0.5, 0.6) is 0 Å². The number of benzene rings is 2. The standard InChI is InChI=1S/C24H32N4O2/c1-18-8-7-9-19(2)23(18)26-24(30)20(3)28-14-12-27(13-15-28)17-22(29)25-16-21-10-5-4-6-11-21/h4-11,20H,12-17H2,1-3H3,(H,25,29)(H,26,30). The van der Waals surface area contributed by atoms with E-state index in [2.05, 4.69) is 20.4 Å². The Kier molecular flexibility index (Phi) is 7.60. The first-order chi connectivity index (χ1) is 14.4. The summed E-state index contributed by atoms with van der Waals surface area (Å²) < 4.78 is 0. The summed E-state index contributed by atoms with van der Waals surface area (Å²) in [7, 11) is 0. The Labute approximate surface area is 179 Å². The van der Waals surface area contributed by atoms with Crippen molar-refractivity contribution in [3.63, 3.8) is 0 Å². The van der Waals surface area contributed by atoms with Crippen molar-refractivity contribution in [1.29, 1.82) is 0 Å². The molecule has 160 valence electrons. The predicted octanol–water partition coefficient (Wildman–Crippen LogP) is 2.56. The van der Waals surface area contributed by atoms with Crippen LogP contribution in [0.1, 0.15) is 23.6 Å². The first kappa shape index (κ1) is 22.0. The number of hydrogen-bond donors (Lipinski definition) is 2. The third-order valence-corrected chi connectivity index (χ3v) is 5.76. The van der Waals surface area contributed by atoms with Crippen molar-refractivity contribution < 1.29 is 9.59 Å². The van der Waals surface area contributed by atoms with Gasteiger partial charge in [-0.15, -0.1) is 0 Å². The number of nitrogens with zero attached hydrogens (tertiary/aromatic N) is 2. The van der Waals surface area contributed by atoms with Crippen LogP contribution in [0.25, 0.3) is 0 Å². The molecule has 0 aliphatic carbocycles. The average Bonchev–Trinajstić information content (AvgIpc) is 2.75. The number of nitrogens with one attached hydrogen (secondary N) is 2. The number of amides is 2.